The van der Waals surface area contributed by atoms with Gasteiger partial charge in [0.15, 0.2) is 5.17 Å². The summed E-state index contributed by atoms with van der Waals surface area (Å²) < 4.78 is 6.99. The maximum Gasteiger partial charge on any atom is 0.337 e. The summed E-state index contributed by atoms with van der Waals surface area (Å²) in [5.41, 5.74) is 4.92. The number of benzene rings is 3. The van der Waals surface area contributed by atoms with Crippen molar-refractivity contribution in [3.63, 3.8) is 0 Å². The van der Waals surface area contributed by atoms with Crippen LogP contribution < -0.4 is 0 Å². The van der Waals surface area contributed by atoms with Gasteiger partial charge in [-0.25, -0.2) is 9.79 Å². The highest BCUT2D eigenvalue weighted by Crippen LogP contribution is 2.37. The van der Waals surface area contributed by atoms with Gasteiger partial charge in [0.2, 0.25) is 0 Å². The van der Waals surface area contributed by atoms with Crippen LogP contribution in [0.3, 0.4) is 0 Å². The number of likely N-dealkylation sites (N-methyl/N-ethyl adjacent to an activating group) is 1. The molecule has 1 saturated heterocycles. The molecule has 0 atom stereocenters. The van der Waals surface area contributed by atoms with E-state index < -0.39 is 5.97 Å². The second kappa shape index (κ2) is 10.7. The van der Waals surface area contributed by atoms with Crippen LogP contribution in [0, 0.1) is 6.92 Å². The molecule has 0 N–H and O–H groups in total. The van der Waals surface area contributed by atoms with Crippen LogP contribution in [-0.4, -0.2) is 40.7 Å². The van der Waals surface area contributed by atoms with E-state index in [1.807, 2.05) is 37.3 Å². The number of para-hydroxylation sites is 1. The van der Waals surface area contributed by atoms with E-state index in [-0.39, 0.29) is 5.91 Å². The average Bonchev–Trinajstić information content (AvgIpc) is 3.33. The van der Waals surface area contributed by atoms with E-state index in [0.29, 0.717) is 37.9 Å². The number of hydrogen-bond donors (Lipinski definition) is 0. The van der Waals surface area contributed by atoms with E-state index in [1.165, 1.54) is 23.8 Å². The molecule has 1 amide bonds. The van der Waals surface area contributed by atoms with Crippen molar-refractivity contribution in [1.29, 1.82) is 0 Å². The third-order valence-corrected chi connectivity index (χ3v) is 8.04. The third kappa shape index (κ3) is 4.97. The first kappa shape index (κ1) is 26.1. The minimum absolute atomic E-state index is 0.144. The molecule has 9 heteroatoms. The Bertz CT molecular complexity index is 1660. The molecule has 38 heavy (non-hydrogen) atoms. The van der Waals surface area contributed by atoms with Gasteiger partial charge < -0.3 is 9.30 Å². The van der Waals surface area contributed by atoms with E-state index in [4.69, 9.17) is 27.9 Å². The second-order valence-electron chi connectivity index (χ2n) is 8.75. The van der Waals surface area contributed by atoms with E-state index in [0.717, 1.165) is 27.7 Å². The Morgan fingerprint density at radius 3 is 2.63 bits per heavy atom. The Labute approximate surface area is 234 Å². The van der Waals surface area contributed by atoms with Crippen LogP contribution >= 0.6 is 35.0 Å². The van der Waals surface area contributed by atoms with Crippen molar-refractivity contribution in [2.45, 2.75) is 13.5 Å². The van der Waals surface area contributed by atoms with Gasteiger partial charge >= 0.3 is 5.97 Å². The fourth-order valence-corrected chi connectivity index (χ4v) is 5.81. The zero-order valence-corrected chi connectivity index (χ0v) is 23.2. The number of aliphatic imine (C=N–C) groups is 1. The Hall–Kier alpha value is -3.52. The standard InChI is InChI=1S/C29H23Cl2N3O3S/c1-17-23(22-9-4-5-10-25(22)34(17)16-19-11-12-20(30)14-24(19)31)15-26-27(35)33(2)29(38-26)32-21-8-6-7-18(13-21)28(36)37-3/h4-15H,16H2,1-3H3. The van der Waals surface area contributed by atoms with Gasteiger partial charge in [0.05, 0.1) is 23.3 Å². The molecule has 2 heterocycles. The van der Waals surface area contributed by atoms with E-state index in [9.17, 15) is 9.59 Å². The molecule has 0 aliphatic carbocycles. The molecule has 0 bridgehead atoms. The zero-order valence-electron chi connectivity index (χ0n) is 20.9. The number of amidine groups is 1. The molecule has 5 rings (SSSR count). The number of ether oxygens (including phenoxy) is 1. The quantitative estimate of drug-likeness (QED) is 0.188. The molecule has 192 valence electrons. The van der Waals surface area contributed by atoms with E-state index in [1.54, 1.807) is 37.4 Å². The van der Waals surface area contributed by atoms with Crippen molar-refractivity contribution in [3.05, 3.63) is 104 Å². The highest BCUT2D eigenvalue weighted by molar-refractivity contribution is 8.18. The smallest absolute Gasteiger partial charge is 0.337 e. The lowest BCUT2D eigenvalue weighted by Crippen LogP contribution is -2.23. The summed E-state index contributed by atoms with van der Waals surface area (Å²) in [4.78, 5) is 31.8. The van der Waals surface area contributed by atoms with Gasteiger partial charge in [-0.15, -0.1) is 0 Å². The van der Waals surface area contributed by atoms with Gasteiger partial charge in [0, 0.05) is 45.8 Å². The normalized spacial score (nSPS) is 15.7. The monoisotopic (exact) mass is 563 g/mol. The number of carbonyl (C=O) groups is 2. The molecule has 1 fully saturated rings. The van der Waals surface area contributed by atoms with Crippen molar-refractivity contribution in [2.24, 2.45) is 4.99 Å². The lowest BCUT2D eigenvalue weighted by Gasteiger charge is -2.10. The molecule has 0 unspecified atom stereocenters. The second-order valence-corrected chi connectivity index (χ2v) is 10.6. The van der Waals surface area contributed by atoms with Crippen molar-refractivity contribution in [1.82, 2.24) is 9.47 Å². The molecular formula is C29H23Cl2N3O3S. The number of hydrogen-bond acceptors (Lipinski definition) is 5. The summed E-state index contributed by atoms with van der Waals surface area (Å²) in [5.74, 6) is -0.585. The van der Waals surface area contributed by atoms with Crippen LogP contribution in [0.15, 0.2) is 76.6 Å². The number of esters is 1. The number of methoxy groups -OCH3 is 1. The van der Waals surface area contributed by atoms with Crippen LogP contribution in [-0.2, 0) is 16.1 Å². The molecule has 6 nitrogen and oxygen atoms in total. The third-order valence-electron chi connectivity index (χ3n) is 6.39. The first-order valence-corrected chi connectivity index (χ1v) is 13.3. The van der Waals surface area contributed by atoms with E-state index in [2.05, 4.69) is 21.7 Å². The molecule has 1 aliphatic heterocycles. The predicted octanol–water partition coefficient (Wildman–Crippen LogP) is 7.33. The van der Waals surface area contributed by atoms with Gasteiger partial charge in [-0.2, -0.15) is 0 Å². The number of rotatable bonds is 5. The summed E-state index contributed by atoms with van der Waals surface area (Å²) in [7, 11) is 3.03. The van der Waals surface area contributed by atoms with Gasteiger partial charge in [-0.1, -0.05) is 53.5 Å². The zero-order chi connectivity index (χ0) is 27.0. The molecule has 4 aromatic rings. The highest BCUT2D eigenvalue weighted by Gasteiger charge is 2.31. The van der Waals surface area contributed by atoms with Crippen molar-refractivity contribution >= 4 is 74.7 Å². The fourth-order valence-electron chi connectivity index (χ4n) is 4.38. The number of thioether (sulfide) groups is 1. The van der Waals surface area contributed by atoms with Crippen LogP contribution in [0.4, 0.5) is 5.69 Å². The van der Waals surface area contributed by atoms with E-state index >= 15 is 0 Å². The number of fused-ring (bicyclic) bond motifs is 1. The lowest BCUT2D eigenvalue weighted by molar-refractivity contribution is -0.121. The summed E-state index contributed by atoms with van der Waals surface area (Å²) in [6, 6.07) is 20.4. The molecule has 0 radical (unpaired) electrons. The maximum absolute atomic E-state index is 13.2. The largest absolute Gasteiger partial charge is 0.465 e. The van der Waals surface area contributed by atoms with Gasteiger partial charge in [0.25, 0.3) is 5.91 Å². The molecular weight excluding hydrogens is 541 g/mol. The van der Waals surface area contributed by atoms with Gasteiger partial charge in [0.1, 0.15) is 0 Å². The summed E-state index contributed by atoms with van der Waals surface area (Å²) in [6.45, 7) is 2.60. The SMILES string of the molecule is COC(=O)c1cccc(N=C2SC(=Cc3c(C)n(Cc4ccc(Cl)cc4Cl)c4ccccc34)C(=O)N2C)c1. The molecule has 1 aromatic heterocycles. The van der Waals surface area contributed by atoms with Crippen LogP contribution in [0.25, 0.3) is 17.0 Å². The van der Waals surface area contributed by atoms with Crippen LogP contribution in [0.1, 0.15) is 27.2 Å². The predicted molar refractivity (Wildman–Crippen MR) is 155 cm³/mol. The van der Waals surface area contributed by atoms with Crippen molar-refractivity contribution < 1.29 is 14.3 Å². The minimum atomic E-state index is -0.442. The highest BCUT2D eigenvalue weighted by atomic mass is 35.5. The van der Waals surface area contributed by atoms with Crippen LogP contribution in [0.2, 0.25) is 10.0 Å². The Morgan fingerprint density at radius 2 is 1.87 bits per heavy atom. The van der Waals surface area contributed by atoms with Gasteiger partial charge in [-0.05, 0) is 66.7 Å². The first-order chi connectivity index (χ1) is 18.3. The minimum Gasteiger partial charge on any atom is -0.465 e. The number of nitrogens with zero attached hydrogens (tertiary/aromatic N) is 3. The molecule has 1 aliphatic rings. The Balaban J connectivity index is 1.52. The van der Waals surface area contributed by atoms with Crippen molar-refractivity contribution in [3.8, 4) is 0 Å². The first-order valence-electron chi connectivity index (χ1n) is 11.7. The number of carbonyl (C=O) groups excluding carboxylic acids is 2. The summed E-state index contributed by atoms with van der Waals surface area (Å²) >= 11 is 13.9. The molecule has 3 aromatic carbocycles. The molecule has 0 saturated carbocycles. The van der Waals surface area contributed by atoms with Crippen LogP contribution in [0.5, 0.6) is 0 Å². The fraction of sp³-hybridized carbons (Fsp3) is 0.138. The maximum atomic E-state index is 13.2. The summed E-state index contributed by atoms with van der Waals surface area (Å²) in [5, 5.41) is 2.76. The topological polar surface area (TPSA) is 63.9 Å². The average molecular weight is 564 g/mol. The number of halogens is 2. The summed E-state index contributed by atoms with van der Waals surface area (Å²) in [6.07, 6.45) is 1.93. The van der Waals surface area contributed by atoms with Crippen molar-refractivity contribution in [2.75, 3.05) is 14.2 Å². The number of amides is 1. The van der Waals surface area contributed by atoms with Gasteiger partial charge in [-0.3, -0.25) is 9.69 Å². The molecule has 0 spiro atoms. The lowest BCUT2D eigenvalue weighted by atomic mass is 10.1. The number of aromatic nitrogens is 1. The Morgan fingerprint density at radius 1 is 1.08 bits per heavy atom. The Kier molecular flexibility index (Phi) is 7.34.